The van der Waals surface area contributed by atoms with Crippen LogP contribution in [0.4, 0.5) is 0 Å². The normalized spacial score (nSPS) is 24.3. The van der Waals surface area contributed by atoms with E-state index in [0.717, 1.165) is 32.1 Å². The molecule has 0 unspecified atom stereocenters. The van der Waals surface area contributed by atoms with Crippen LogP contribution in [0.15, 0.2) is 0 Å². The summed E-state index contributed by atoms with van der Waals surface area (Å²) in [4.78, 5) is 26.3. The minimum absolute atomic E-state index is 0.162. The lowest BCUT2D eigenvalue weighted by molar-refractivity contribution is -0.155. The van der Waals surface area contributed by atoms with Gasteiger partial charge in [-0.1, -0.05) is 26.7 Å². The third kappa shape index (κ3) is 3.24. The Morgan fingerprint density at radius 3 is 2.05 bits per heavy atom. The van der Waals surface area contributed by atoms with Gasteiger partial charge in [-0.25, -0.2) is 0 Å². The molecule has 0 aromatic carbocycles. The highest BCUT2D eigenvalue weighted by molar-refractivity contribution is 5.83. The van der Waals surface area contributed by atoms with E-state index in [-0.39, 0.29) is 5.41 Å². The van der Waals surface area contributed by atoms with Crippen LogP contribution in [0.3, 0.4) is 0 Å². The Labute approximate surface area is 127 Å². The molecule has 1 aliphatic heterocycles. The average molecular weight is 295 g/mol. The first-order chi connectivity index (χ1) is 9.79. The summed E-state index contributed by atoms with van der Waals surface area (Å²) >= 11 is 0. The maximum atomic E-state index is 13.0. The molecular weight excluding hydrogens is 266 g/mol. The Morgan fingerprint density at radius 1 is 1.10 bits per heavy atom. The Balaban J connectivity index is 2.05. The van der Waals surface area contributed by atoms with E-state index < -0.39 is 11.4 Å². The van der Waals surface area contributed by atoms with E-state index in [9.17, 15) is 14.7 Å². The van der Waals surface area contributed by atoms with E-state index in [0.29, 0.717) is 37.8 Å². The number of carboxylic acid groups (broad SMARTS) is 1. The standard InChI is InChI=1S/C17H29NO3/c1-13(2)12-17(6-4-5-7-17)14(19)18-10-8-16(3,9-11-18)15(20)21/h13H,4-12H2,1-3H3,(H,20,21). The molecule has 1 N–H and O–H groups in total. The quantitative estimate of drug-likeness (QED) is 0.865. The predicted molar refractivity (Wildman–Crippen MR) is 81.9 cm³/mol. The number of aliphatic carboxylic acids is 1. The molecule has 120 valence electrons. The summed E-state index contributed by atoms with van der Waals surface area (Å²) in [5.41, 5.74) is -0.817. The summed E-state index contributed by atoms with van der Waals surface area (Å²) in [7, 11) is 0. The summed E-state index contributed by atoms with van der Waals surface area (Å²) in [5.74, 6) is 0.0922. The fourth-order valence-corrected chi connectivity index (χ4v) is 4.09. The lowest BCUT2D eigenvalue weighted by atomic mass is 9.75. The van der Waals surface area contributed by atoms with Crippen molar-refractivity contribution in [2.45, 2.75) is 65.7 Å². The first kappa shape index (κ1) is 16.3. The van der Waals surface area contributed by atoms with E-state index in [4.69, 9.17) is 0 Å². The topological polar surface area (TPSA) is 57.6 Å². The van der Waals surface area contributed by atoms with Crippen molar-refractivity contribution in [3.8, 4) is 0 Å². The van der Waals surface area contributed by atoms with Crippen molar-refractivity contribution in [1.82, 2.24) is 4.90 Å². The molecule has 4 heteroatoms. The van der Waals surface area contributed by atoms with Crippen molar-refractivity contribution in [2.24, 2.45) is 16.7 Å². The van der Waals surface area contributed by atoms with Crippen LogP contribution in [0.25, 0.3) is 0 Å². The zero-order valence-corrected chi connectivity index (χ0v) is 13.7. The van der Waals surface area contributed by atoms with Gasteiger partial charge in [-0.05, 0) is 44.9 Å². The Morgan fingerprint density at radius 2 is 1.62 bits per heavy atom. The maximum Gasteiger partial charge on any atom is 0.309 e. The highest BCUT2D eigenvalue weighted by Gasteiger charge is 2.46. The first-order valence-corrected chi connectivity index (χ1v) is 8.32. The van der Waals surface area contributed by atoms with Crippen molar-refractivity contribution in [2.75, 3.05) is 13.1 Å². The van der Waals surface area contributed by atoms with Gasteiger partial charge in [-0.15, -0.1) is 0 Å². The molecule has 0 aromatic rings. The van der Waals surface area contributed by atoms with E-state index in [2.05, 4.69) is 13.8 Å². The molecule has 2 fully saturated rings. The van der Waals surface area contributed by atoms with Crippen LogP contribution in [0, 0.1) is 16.7 Å². The fourth-order valence-electron chi connectivity index (χ4n) is 4.09. The van der Waals surface area contributed by atoms with Gasteiger partial charge in [-0.2, -0.15) is 0 Å². The number of hydrogen-bond donors (Lipinski definition) is 1. The summed E-state index contributed by atoms with van der Waals surface area (Å²) in [6, 6.07) is 0. The Bertz CT molecular complexity index is 402. The number of carboxylic acids is 1. The van der Waals surface area contributed by atoms with Gasteiger partial charge in [0.15, 0.2) is 0 Å². The molecule has 0 atom stereocenters. The van der Waals surface area contributed by atoms with Crippen LogP contribution >= 0.6 is 0 Å². The third-order valence-electron chi connectivity index (χ3n) is 5.48. The second-order valence-electron chi connectivity index (χ2n) is 7.74. The van der Waals surface area contributed by atoms with Crippen molar-refractivity contribution in [3.63, 3.8) is 0 Å². The molecule has 2 aliphatic rings. The molecule has 1 amide bonds. The average Bonchev–Trinajstić information content (AvgIpc) is 2.87. The number of nitrogens with zero attached hydrogens (tertiary/aromatic N) is 1. The Kier molecular flexibility index (Phi) is 4.64. The van der Waals surface area contributed by atoms with Crippen molar-refractivity contribution in [1.29, 1.82) is 0 Å². The van der Waals surface area contributed by atoms with Gasteiger partial charge in [0.2, 0.25) is 5.91 Å². The van der Waals surface area contributed by atoms with Gasteiger partial charge < -0.3 is 10.0 Å². The summed E-state index contributed by atoms with van der Waals surface area (Å²) in [6.07, 6.45) is 6.45. The number of rotatable bonds is 4. The van der Waals surface area contributed by atoms with Gasteiger partial charge in [-0.3, -0.25) is 9.59 Å². The van der Waals surface area contributed by atoms with Gasteiger partial charge in [0.1, 0.15) is 0 Å². The van der Waals surface area contributed by atoms with E-state index in [1.807, 2.05) is 4.90 Å². The lowest BCUT2D eigenvalue weighted by Crippen LogP contribution is -2.50. The molecule has 21 heavy (non-hydrogen) atoms. The van der Waals surface area contributed by atoms with Gasteiger partial charge >= 0.3 is 5.97 Å². The molecule has 1 saturated heterocycles. The summed E-state index contributed by atoms with van der Waals surface area (Å²) in [5, 5.41) is 9.30. The van der Waals surface area contributed by atoms with Gasteiger partial charge in [0.25, 0.3) is 0 Å². The second kappa shape index (κ2) is 5.98. The number of carbonyl (C=O) groups is 2. The Hall–Kier alpha value is -1.06. The van der Waals surface area contributed by atoms with Crippen LogP contribution in [0.1, 0.15) is 65.7 Å². The minimum Gasteiger partial charge on any atom is -0.481 e. The monoisotopic (exact) mass is 295 g/mol. The zero-order valence-electron chi connectivity index (χ0n) is 13.7. The minimum atomic E-state index is -0.729. The van der Waals surface area contributed by atoms with Crippen LogP contribution in [-0.4, -0.2) is 35.0 Å². The molecule has 0 bridgehead atoms. The first-order valence-electron chi connectivity index (χ1n) is 8.32. The van der Waals surface area contributed by atoms with Crippen LogP contribution in [-0.2, 0) is 9.59 Å². The molecule has 2 rings (SSSR count). The molecule has 4 nitrogen and oxygen atoms in total. The molecule has 1 aliphatic carbocycles. The van der Waals surface area contributed by atoms with Crippen LogP contribution in [0.2, 0.25) is 0 Å². The number of amides is 1. The van der Waals surface area contributed by atoms with E-state index in [1.54, 1.807) is 6.92 Å². The second-order valence-corrected chi connectivity index (χ2v) is 7.74. The molecule has 1 saturated carbocycles. The van der Waals surface area contributed by atoms with Crippen molar-refractivity contribution < 1.29 is 14.7 Å². The highest BCUT2D eigenvalue weighted by Crippen LogP contribution is 2.45. The van der Waals surface area contributed by atoms with Gasteiger partial charge in [0, 0.05) is 18.5 Å². The predicted octanol–water partition coefficient (Wildman–Crippen LogP) is 3.31. The van der Waals surface area contributed by atoms with E-state index >= 15 is 0 Å². The third-order valence-corrected chi connectivity index (χ3v) is 5.48. The largest absolute Gasteiger partial charge is 0.481 e. The van der Waals surface area contributed by atoms with Crippen LogP contribution in [0.5, 0.6) is 0 Å². The zero-order chi connectivity index (χ0) is 15.7. The van der Waals surface area contributed by atoms with E-state index in [1.165, 1.54) is 0 Å². The number of carbonyl (C=O) groups excluding carboxylic acids is 1. The molecular formula is C17H29NO3. The van der Waals surface area contributed by atoms with Gasteiger partial charge in [0.05, 0.1) is 5.41 Å². The summed E-state index contributed by atoms with van der Waals surface area (Å²) in [6.45, 7) is 7.37. The SMILES string of the molecule is CC(C)CC1(C(=O)N2CCC(C)(C(=O)O)CC2)CCCC1. The molecule has 1 heterocycles. The lowest BCUT2D eigenvalue weighted by Gasteiger charge is -2.41. The number of hydrogen-bond acceptors (Lipinski definition) is 2. The molecule has 0 aromatic heterocycles. The smallest absolute Gasteiger partial charge is 0.309 e. The summed E-state index contributed by atoms with van der Waals surface area (Å²) < 4.78 is 0. The maximum absolute atomic E-state index is 13.0. The van der Waals surface area contributed by atoms with Crippen molar-refractivity contribution in [3.05, 3.63) is 0 Å². The number of piperidine rings is 1. The number of likely N-dealkylation sites (tertiary alicyclic amines) is 1. The van der Waals surface area contributed by atoms with Crippen molar-refractivity contribution >= 4 is 11.9 Å². The molecule has 0 spiro atoms. The molecule has 0 radical (unpaired) electrons. The van der Waals surface area contributed by atoms with Crippen LogP contribution < -0.4 is 0 Å². The fraction of sp³-hybridized carbons (Fsp3) is 0.882. The highest BCUT2D eigenvalue weighted by atomic mass is 16.4.